The lowest BCUT2D eigenvalue weighted by Crippen LogP contribution is -1.93. The summed E-state index contributed by atoms with van der Waals surface area (Å²) in [5, 5.41) is 7.23. The summed E-state index contributed by atoms with van der Waals surface area (Å²) in [4.78, 5) is 5.06. The summed E-state index contributed by atoms with van der Waals surface area (Å²) in [5.41, 5.74) is 11.6. The maximum Gasteiger partial charge on any atom is 0.227 e. The summed E-state index contributed by atoms with van der Waals surface area (Å²) in [5.74, 6) is 0.330. The minimum Gasteiger partial charge on any atom is -0.436 e. The first-order valence-corrected chi connectivity index (χ1v) is 15.6. The second-order valence-corrected chi connectivity index (χ2v) is 12.2. The van der Waals surface area contributed by atoms with E-state index in [9.17, 15) is 4.39 Å². The van der Waals surface area contributed by atoms with Gasteiger partial charge in [-0.3, -0.25) is 0 Å². The van der Waals surface area contributed by atoms with Crippen LogP contribution in [0.2, 0.25) is 0 Å². The fraction of sp³-hybridized carbons (Fsp3) is 0.0465. The van der Waals surface area contributed by atoms with E-state index in [1.807, 2.05) is 18.2 Å². The van der Waals surface area contributed by atoms with E-state index in [1.54, 1.807) is 12.1 Å². The molecule has 8 aromatic carbocycles. The van der Waals surface area contributed by atoms with Crippen LogP contribution in [-0.4, -0.2) is 4.98 Å². The number of halogens is 1. The lowest BCUT2D eigenvalue weighted by atomic mass is 9.84. The summed E-state index contributed by atoms with van der Waals surface area (Å²) in [7, 11) is 0. The van der Waals surface area contributed by atoms with Crippen molar-refractivity contribution in [2.75, 3.05) is 0 Å². The third kappa shape index (κ3) is 4.05. The van der Waals surface area contributed by atoms with Gasteiger partial charge in [0.25, 0.3) is 0 Å². The minimum absolute atomic E-state index is 0.252. The van der Waals surface area contributed by atoms with E-state index in [0.29, 0.717) is 11.5 Å². The Morgan fingerprint density at radius 1 is 0.500 bits per heavy atom. The molecule has 0 spiro atoms. The fourth-order valence-corrected chi connectivity index (χ4v) is 7.15. The molecule has 2 nitrogen and oxygen atoms in total. The molecule has 0 aliphatic heterocycles. The number of nitrogens with zero attached hydrogens (tertiary/aromatic N) is 1. The molecular formula is C43H28FNO. The molecule has 0 saturated carbocycles. The van der Waals surface area contributed by atoms with Gasteiger partial charge in [0.05, 0.1) is 0 Å². The first-order valence-electron chi connectivity index (χ1n) is 15.6. The van der Waals surface area contributed by atoms with Gasteiger partial charge in [0.2, 0.25) is 5.89 Å². The Kier molecular flexibility index (Phi) is 5.85. The largest absolute Gasteiger partial charge is 0.436 e. The highest BCUT2D eigenvalue weighted by atomic mass is 19.1. The molecule has 0 unspecified atom stereocenters. The highest BCUT2D eigenvalue weighted by Gasteiger charge is 2.21. The zero-order valence-electron chi connectivity index (χ0n) is 25.4. The van der Waals surface area contributed by atoms with Crippen LogP contribution in [-0.2, 0) is 0 Å². The quantitative estimate of drug-likeness (QED) is 0.190. The third-order valence-electron chi connectivity index (χ3n) is 9.45. The van der Waals surface area contributed by atoms with Crippen molar-refractivity contribution < 1.29 is 8.81 Å². The summed E-state index contributed by atoms with van der Waals surface area (Å²) in [6, 6.07) is 45.4. The first kappa shape index (κ1) is 26.6. The van der Waals surface area contributed by atoms with Crippen LogP contribution < -0.4 is 0 Å². The van der Waals surface area contributed by atoms with Crippen molar-refractivity contribution in [2.45, 2.75) is 13.8 Å². The number of fused-ring (bicyclic) bond motifs is 1. The van der Waals surface area contributed by atoms with Crippen molar-refractivity contribution in [3.63, 3.8) is 0 Å². The van der Waals surface area contributed by atoms with Gasteiger partial charge in [0.1, 0.15) is 11.3 Å². The Labute approximate surface area is 265 Å². The summed E-state index contributed by atoms with van der Waals surface area (Å²) in [6.07, 6.45) is 0. The Balaban J connectivity index is 1.35. The number of hydrogen-bond donors (Lipinski definition) is 0. The summed E-state index contributed by atoms with van der Waals surface area (Å²) in [6.45, 7) is 4.34. The second-order valence-electron chi connectivity index (χ2n) is 12.2. The molecule has 9 aromatic rings. The SMILES string of the molecule is Cc1ccccc1-c1ccc2ccc3c(-c4ccccc4C)cc(-c4nc5cc(-c6ccc(F)cc6)ccc5o4)c4ccc1c2c43. The lowest BCUT2D eigenvalue weighted by molar-refractivity contribution is 0.620. The van der Waals surface area contributed by atoms with E-state index in [1.165, 1.54) is 66.9 Å². The zero-order chi connectivity index (χ0) is 30.9. The summed E-state index contributed by atoms with van der Waals surface area (Å²) >= 11 is 0. The van der Waals surface area contributed by atoms with Crippen molar-refractivity contribution in [1.82, 2.24) is 4.98 Å². The smallest absolute Gasteiger partial charge is 0.227 e. The van der Waals surface area contributed by atoms with Crippen LogP contribution >= 0.6 is 0 Å². The van der Waals surface area contributed by atoms with E-state index in [-0.39, 0.29) is 5.82 Å². The highest BCUT2D eigenvalue weighted by molar-refractivity contribution is 6.29. The molecule has 0 radical (unpaired) electrons. The molecule has 9 rings (SSSR count). The van der Waals surface area contributed by atoms with Gasteiger partial charge in [-0.1, -0.05) is 103 Å². The van der Waals surface area contributed by atoms with E-state index in [2.05, 4.69) is 105 Å². The molecule has 3 heteroatoms. The Hall–Kier alpha value is -5.80. The van der Waals surface area contributed by atoms with Gasteiger partial charge < -0.3 is 4.42 Å². The number of aryl methyl sites for hydroxylation is 2. The molecule has 218 valence electrons. The summed E-state index contributed by atoms with van der Waals surface area (Å²) < 4.78 is 20.1. The van der Waals surface area contributed by atoms with Gasteiger partial charge in [-0.05, 0) is 121 Å². The van der Waals surface area contributed by atoms with Crippen molar-refractivity contribution in [1.29, 1.82) is 0 Å². The topological polar surface area (TPSA) is 26.0 Å². The molecule has 1 aromatic heterocycles. The van der Waals surface area contributed by atoms with Gasteiger partial charge in [-0.15, -0.1) is 0 Å². The van der Waals surface area contributed by atoms with E-state index in [0.717, 1.165) is 33.2 Å². The number of oxazole rings is 1. The van der Waals surface area contributed by atoms with Crippen LogP contribution in [0.15, 0.2) is 138 Å². The van der Waals surface area contributed by atoms with Crippen molar-refractivity contribution in [3.05, 3.63) is 150 Å². The lowest BCUT2D eigenvalue weighted by Gasteiger charge is -2.19. The Bertz CT molecular complexity index is 2610. The third-order valence-corrected chi connectivity index (χ3v) is 9.45. The van der Waals surface area contributed by atoms with E-state index < -0.39 is 0 Å². The molecule has 0 amide bonds. The molecule has 1 heterocycles. The van der Waals surface area contributed by atoms with Crippen molar-refractivity contribution in [3.8, 4) is 44.8 Å². The van der Waals surface area contributed by atoms with Crippen LogP contribution in [0.4, 0.5) is 4.39 Å². The van der Waals surface area contributed by atoms with Gasteiger partial charge in [-0.25, -0.2) is 9.37 Å². The normalized spacial score (nSPS) is 11.8. The molecule has 0 saturated heterocycles. The number of hydrogen-bond acceptors (Lipinski definition) is 2. The fourth-order valence-electron chi connectivity index (χ4n) is 7.15. The molecule has 0 fully saturated rings. The molecule has 46 heavy (non-hydrogen) atoms. The molecule has 0 bridgehead atoms. The molecule has 0 N–H and O–H groups in total. The minimum atomic E-state index is -0.252. The predicted octanol–water partition coefficient (Wildman–Crippen LogP) is 12.1. The van der Waals surface area contributed by atoms with E-state index >= 15 is 0 Å². The van der Waals surface area contributed by atoms with E-state index in [4.69, 9.17) is 9.40 Å². The maximum absolute atomic E-state index is 13.6. The predicted molar refractivity (Wildman–Crippen MR) is 189 cm³/mol. The number of rotatable bonds is 4. The van der Waals surface area contributed by atoms with Crippen LogP contribution in [0.3, 0.4) is 0 Å². The molecule has 0 aliphatic carbocycles. The van der Waals surface area contributed by atoms with Gasteiger partial charge >= 0.3 is 0 Å². The Morgan fingerprint density at radius 2 is 1.11 bits per heavy atom. The van der Waals surface area contributed by atoms with Crippen LogP contribution in [0, 0.1) is 19.7 Å². The monoisotopic (exact) mass is 593 g/mol. The first-order chi connectivity index (χ1) is 22.5. The van der Waals surface area contributed by atoms with Crippen molar-refractivity contribution >= 4 is 43.4 Å². The van der Waals surface area contributed by atoms with Gasteiger partial charge in [0.15, 0.2) is 5.58 Å². The second kappa shape index (κ2) is 10.1. The number of benzene rings is 8. The highest BCUT2D eigenvalue weighted by Crippen LogP contribution is 2.46. The molecule has 0 atom stereocenters. The maximum atomic E-state index is 13.6. The average molecular weight is 594 g/mol. The van der Waals surface area contributed by atoms with Crippen LogP contribution in [0.25, 0.3) is 88.3 Å². The van der Waals surface area contributed by atoms with Crippen molar-refractivity contribution in [2.24, 2.45) is 0 Å². The van der Waals surface area contributed by atoms with Crippen LogP contribution in [0.5, 0.6) is 0 Å². The average Bonchev–Trinajstić information content (AvgIpc) is 3.51. The standard InChI is InChI=1S/C43H28FNO/c1-25-7-3-5-9-31(25)33-18-13-28-14-19-35-37(32-10-6-4-8-26(32)2)24-38(36-21-20-34(33)41(28)42(35)36)43-45-39-23-29(15-22-40(39)46-43)27-11-16-30(44)17-12-27/h3-24H,1-2H3. The Morgan fingerprint density at radius 3 is 1.85 bits per heavy atom. The number of aromatic nitrogens is 1. The van der Waals surface area contributed by atoms with Gasteiger partial charge in [-0.2, -0.15) is 0 Å². The molecular weight excluding hydrogens is 565 g/mol. The van der Waals surface area contributed by atoms with Gasteiger partial charge in [0, 0.05) is 5.56 Å². The van der Waals surface area contributed by atoms with Crippen LogP contribution in [0.1, 0.15) is 11.1 Å². The molecule has 0 aliphatic rings. The zero-order valence-corrected chi connectivity index (χ0v) is 25.4.